The van der Waals surface area contributed by atoms with E-state index in [-0.39, 0.29) is 34.5 Å². The Labute approximate surface area is 244 Å². The van der Waals surface area contributed by atoms with Gasteiger partial charge in [-0.05, 0) is 104 Å². The minimum absolute atomic E-state index is 0.303. The number of nitrogens with zero attached hydrogens (tertiary/aromatic N) is 2. The minimum atomic E-state index is -0.357. The Hall–Kier alpha value is -4.32. The molecule has 0 saturated carbocycles. The molecule has 0 spiro atoms. The van der Waals surface area contributed by atoms with Crippen molar-refractivity contribution in [3.8, 4) is 0 Å². The van der Waals surface area contributed by atoms with Crippen molar-refractivity contribution in [2.75, 3.05) is 14.1 Å². The molecule has 5 aromatic carbocycles. The first kappa shape index (κ1) is 26.6. The molecule has 0 bridgehead atoms. The van der Waals surface area contributed by atoms with Crippen molar-refractivity contribution in [2.24, 2.45) is 0 Å². The molecule has 0 fully saturated rings. The number of carbonyl (C=O) groups excluding carboxylic acids is 4. The zero-order valence-electron chi connectivity index (χ0n) is 25.8. The average Bonchev–Trinajstić information content (AvgIpc) is 2.90. The summed E-state index contributed by atoms with van der Waals surface area (Å²) in [6.45, 7) is 16.8. The molecule has 2 aliphatic heterocycles. The Balaban J connectivity index is 1.95. The maximum absolute atomic E-state index is 13.7. The van der Waals surface area contributed by atoms with Gasteiger partial charge < -0.3 is 0 Å². The fourth-order valence-corrected chi connectivity index (χ4v) is 7.47. The summed E-state index contributed by atoms with van der Waals surface area (Å²) in [5.41, 5.74) is 5.25. The van der Waals surface area contributed by atoms with E-state index in [1.165, 1.54) is 9.80 Å². The third-order valence-corrected chi connectivity index (χ3v) is 9.46. The van der Waals surface area contributed by atoms with Gasteiger partial charge in [-0.1, -0.05) is 41.5 Å². The van der Waals surface area contributed by atoms with E-state index in [2.05, 4.69) is 41.5 Å². The lowest BCUT2D eigenvalue weighted by Gasteiger charge is -2.34. The van der Waals surface area contributed by atoms with Crippen LogP contribution >= 0.6 is 0 Å². The number of imide groups is 2. The summed E-state index contributed by atoms with van der Waals surface area (Å²) in [7, 11) is 3.09. The molecule has 0 N–H and O–H groups in total. The molecule has 0 aromatic heterocycles. The van der Waals surface area contributed by atoms with Gasteiger partial charge in [-0.15, -0.1) is 0 Å². The first-order chi connectivity index (χ1) is 19.5. The molecular formula is C36H34N2O4. The average molecular weight is 559 g/mol. The smallest absolute Gasteiger partial charge is 0.261 e. The largest absolute Gasteiger partial charge is 0.277 e. The van der Waals surface area contributed by atoms with Gasteiger partial charge in [-0.3, -0.25) is 29.0 Å². The molecule has 7 rings (SSSR count). The van der Waals surface area contributed by atoms with Crippen LogP contribution in [0, 0.1) is 13.8 Å². The summed E-state index contributed by atoms with van der Waals surface area (Å²) in [5, 5.41) is 7.13. The molecule has 6 nitrogen and oxygen atoms in total. The second-order valence-electron chi connectivity index (χ2n) is 14.3. The first-order valence-electron chi connectivity index (χ1n) is 14.4. The van der Waals surface area contributed by atoms with E-state index in [1.807, 2.05) is 38.1 Å². The summed E-state index contributed by atoms with van der Waals surface area (Å²) in [4.78, 5) is 57.0. The third kappa shape index (κ3) is 3.00. The zero-order chi connectivity index (χ0) is 30.5. The predicted octanol–water partition coefficient (Wildman–Crippen LogP) is 7.40. The van der Waals surface area contributed by atoms with Crippen LogP contribution in [0.5, 0.6) is 0 Å². The van der Waals surface area contributed by atoms with Crippen molar-refractivity contribution in [2.45, 2.75) is 66.2 Å². The molecule has 0 saturated heterocycles. The first-order valence-corrected chi connectivity index (χ1v) is 14.4. The number of fused-ring (bicyclic) bond motifs is 2. The fourth-order valence-electron chi connectivity index (χ4n) is 7.47. The van der Waals surface area contributed by atoms with E-state index in [0.29, 0.717) is 33.0 Å². The second-order valence-corrected chi connectivity index (χ2v) is 14.3. The molecule has 4 amide bonds. The van der Waals surface area contributed by atoms with Crippen LogP contribution in [0.25, 0.3) is 43.1 Å². The maximum Gasteiger partial charge on any atom is 0.261 e. The molecule has 0 unspecified atom stereocenters. The van der Waals surface area contributed by atoms with Crippen LogP contribution in [-0.4, -0.2) is 47.5 Å². The second kappa shape index (κ2) is 7.74. The number of rotatable bonds is 0. The van der Waals surface area contributed by atoms with Crippen LogP contribution in [0.1, 0.15) is 105 Å². The van der Waals surface area contributed by atoms with Crippen LogP contribution in [0.15, 0.2) is 24.3 Å². The molecule has 6 heteroatoms. The third-order valence-electron chi connectivity index (χ3n) is 9.46. The molecule has 42 heavy (non-hydrogen) atoms. The number of hydrogen-bond donors (Lipinski definition) is 0. The maximum atomic E-state index is 13.7. The monoisotopic (exact) mass is 558 g/mol. The highest BCUT2D eigenvalue weighted by Gasteiger charge is 2.39. The van der Waals surface area contributed by atoms with E-state index in [1.54, 1.807) is 14.1 Å². The molecule has 2 heterocycles. The van der Waals surface area contributed by atoms with Crippen LogP contribution < -0.4 is 0 Å². The highest BCUT2D eigenvalue weighted by atomic mass is 16.2. The molecule has 0 atom stereocenters. The lowest BCUT2D eigenvalue weighted by Crippen LogP contribution is -2.38. The summed E-state index contributed by atoms with van der Waals surface area (Å²) in [6, 6.07) is 7.77. The highest BCUT2D eigenvalue weighted by molar-refractivity contribution is 6.43. The van der Waals surface area contributed by atoms with Crippen LogP contribution in [0.2, 0.25) is 0 Å². The van der Waals surface area contributed by atoms with Gasteiger partial charge in [0, 0.05) is 47.1 Å². The summed E-state index contributed by atoms with van der Waals surface area (Å²) >= 11 is 0. The highest BCUT2D eigenvalue weighted by Crippen LogP contribution is 2.53. The van der Waals surface area contributed by atoms with Gasteiger partial charge in [0.15, 0.2) is 0 Å². The van der Waals surface area contributed by atoms with E-state index in [0.717, 1.165) is 54.6 Å². The van der Waals surface area contributed by atoms with Crippen molar-refractivity contribution in [1.29, 1.82) is 0 Å². The molecule has 212 valence electrons. The van der Waals surface area contributed by atoms with Crippen LogP contribution in [0.4, 0.5) is 0 Å². The number of hydrogen-bond acceptors (Lipinski definition) is 4. The zero-order valence-corrected chi connectivity index (χ0v) is 25.8. The Morgan fingerprint density at radius 3 is 1.00 bits per heavy atom. The molecule has 5 aromatic rings. The standard InChI is InChI=1S/C36H34N2O4/c1-15-11-17-25-19(33(41)37(9)31(17)39)14-22(36(6,7)8)28-24-16(2)12-18-26-20(34(42)38(10)32(18)40)13-21(35(3,4)5)27(30(24)26)23(15)29(25)28/h11-14H,1-10H3. The Morgan fingerprint density at radius 2 is 0.714 bits per heavy atom. The van der Waals surface area contributed by atoms with Crippen molar-refractivity contribution in [3.63, 3.8) is 0 Å². The van der Waals surface area contributed by atoms with Crippen molar-refractivity contribution >= 4 is 66.7 Å². The summed E-state index contributed by atoms with van der Waals surface area (Å²) < 4.78 is 0. The van der Waals surface area contributed by atoms with E-state index < -0.39 is 0 Å². The van der Waals surface area contributed by atoms with E-state index in [9.17, 15) is 19.2 Å². The van der Waals surface area contributed by atoms with Gasteiger partial charge in [0.25, 0.3) is 23.6 Å². The van der Waals surface area contributed by atoms with Gasteiger partial charge in [-0.2, -0.15) is 0 Å². The van der Waals surface area contributed by atoms with Crippen molar-refractivity contribution in [1.82, 2.24) is 9.80 Å². The number of carbonyl (C=O) groups is 4. The van der Waals surface area contributed by atoms with Gasteiger partial charge in [0.05, 0.1) is 0 Å². The summed E-state index contributed by atoms with van der Waals surface area (Å²) in [6.07, 6.45) is 0. The lowest BCUT2D eigenvalue weighted by molar-refractivity contribution is 0.0635. The van der Waals surface area contributed by atoms with Gasteiger partial charge in [0.2, 0.25) is 0 Å². The van der Waals surface area contributed by atoms with Crippen molar-refractivity contribution < 1.29 is 19.2 Å². The molecule has 0 aliphatic carbocycles. The minimum Gasteiger partial charge on any atom is -0.277 e. The number of amides is 4. The normalized spacial score (nSPS) is 16.0. The molecular weight excluding hydrogens is 524 g/mol. The van der Waals surface area contributed by atoms with E-state index >= 15 is 0 Å². The predicted molar refractivity (Wildman–Crippen MR) is 167 cm³/mol. The van der Waals surface area contributed by atoms with Crippen LogP contribution in [0.3, 0.4) is 0 Å². The number of aryl methyl sites for hydroxylation is 2. The van der Waals surface area contributed by atoms with Crippen LogP contribution in [-0.2, 0) is 10.8 Å². The molecule has 0 radical (unpaired) electrons. The number of benzene rings is 5. The van der Waals surface area contributed by atoms with Gasteiger partial charge >= 0.3 is 0 Å². The van der Waals surface area contributed by atoms with Gasteiger partial charge in [0.1, 0.15) is 0 Å². The Kier molecular flexibility index (Phi) is 4.90. The fraction of sp³-hybridized carbons (Fsp3) is 0.333. The summed E-state index contributed by atoms with van der Waals surface area (Å²) in [5.74, 6) is -1.22. The topological polar surface area (TPSA) is 74.8 Å². The lowest BCUT2D eigenvalue weighted by atomic mass is 9.71. The quantitative estimate of drug-likeness (QED) is 0.113. The molecule has 2 aliphatic rings. The Bertz CT molecular complexity index is 2020. The van der Waals surface area contributed by atoms with Crippen molar-refractivity contribution in [3.05, 3.63) is 68.8 Å². The Morgan fingerprint density at radius 1 is 0.429 bits per heavy atom. The SMILES string of the molecule is Cc1cc2c3c(cc(C(C)(C)C)c4c5c(C)cc6c7c(cc(C(C)(C)C)c(c1c34)c75)C(=O)N(C)C6=O)C(=O)N(C)C2=O. The van der Waals surface area contributed by atoms with Gasteiger partial charge in [-0.25, -0.2) is 0 Å². The van der Waals surface area contributed by atoms with E-state index in [4.69, 9.17) is 0 Å².